The zero-order chi connectivity index (χ0) is 12.3. The Morgan fingerprint density at radius 2 is 2.35 bits per heavy atom. The van der Waals surface area contributed by atoms with Crippen molar-refractivity contribution in [2.75, 3.05) is 0 Å². The van der Waals surface area contributed by atoms with Crippen molar-refractivity contribution in [2.24, 2.45) is 0 Å². The number of aryl methyl sites for hydroxylation is 1. The van der Waals surface area contributed by atoms with Gasteiger partial charge in [0, 0.05) is 17.3 Å². The van der Waals surface area contributed by atoms with Gasteiger partial charge in [-0.25, -0.2) is 14.8 Å². The van der Waals surface area contributed by atoms with E-state index in [4.69, 9.17) is 5.11 Å². The van der Waals surface area contributed by atoms with Gasteiger partial charge in [-0.05, 0) is 19.1 Å². The lowest BCUT2D eigenvalue weighted by atomic mass is 10.3. The van der Waals surface area contributed by atoms with Crippen LogP contribution in [0.15, 0.2) is 28.7 Å². The second-order valence-corrected chi connectivity index (χ2v) is 5.39. The summed E-state index contributed by atoms with van der Waals surface area (Å²) in [5.41, 5.74) is 1.24. The SMILES string of the molecule is Cc1nc(CSc2ccc(C(=O)O)cn2)cs1. The highest BCUT2D eigenvalue weighted by Gasteiger charge is 2.04. The number of pyridine rings is 1. The topological polar surface area (TPSA) is 63.1 Å². The Morgan fingerprint density at radius 3 is 2.88 bits per heavy atom. The summed E-state index contributed by atoms with van der Waals surface area (Å²) in [5.74, 6) is -0.201. The number of rotatable bonds is 4. The van der Waals surface area contributed by atoms with Crippen LogP contribution in [-0.2, 0) is 5.75 Å². The van der Waals surface area contributed by atoms with E-state index in [1.54, 1.807) is 35.2 Å². The molecule has 4 nitrogen and oxygen atoms in total. The number of carbonyl (C=O) groups is 1. The van der Waals surface area contributed by atoms with Gasteiger partial charge in [0.15, 0.2) is 0 Å². The van der Waals surface area contributed by atoms with Crippen molar-refractivity contribution in [3.63, 3.8) is 0 Å². The monoisotopic (exact) mass is 266 g/mol. The Kier molecular flexibility index (Phi) is 3.75. The van der Waals surface area contributed by atoms with Crippen LogP contribution in [0.5, 0.6) is 0 Å². The van der Waals surface area contributed by atoms with E-state index in [1.165, 1.54) is 6.20 Å². The van der Waals surface area contributed by atoms with Crippen molar-refractivity contribution in [3.05, 3.63) is 40.0 Å². The van der Waals surface area contributed by atoms with Gasteiger partial charge in [-0.15, -0.1) is 23.1 Å². The molecule has 0 fully saturated rings. The van der Waals surface area contributed by atoms with Gasteiger partial charge >= 0.3 is 5.97 Å². The van der Waals surface area contributed by atoms with Crippen LogP contribution in [0.25, 0.3) is 0 Å². The van der Waals surface area contributed by atoms with E-state index in [1.807, 2.05) is 12.3 Å². The maximum absolute atomic E-state index is 10.6. The standard InChI is InChI=1S/C11H10N2O2S2/c1-7-13-9(5-16-7)6-17-10-3-2-8(4-12-10)11(14)15/h2-5H,6H2,1H3,(H,14,15). The highest BCUT2D eigenvalue weighted by Crippen LogP contribution is 2.21. The van der Waals surface area contributed by atoms with Gasteiger partial charge in [0.1, 0.15) is 0 Å². The smallest absolute Gasteiger partial charge is 0.337 e. The Bertz CT molecular complexity index is 523. The van der Waals surface area contributed by atoms with Crippen LogP contribution in [0.2, 0.25) is 0 Å². The van der Waals surface area contributed by atoms with Gasteiger partial charge in [0.2, 0.25) is 0 Å². The second kappa shape index (κ2) is 5.29. The first-order valence-electron chi connectivity index (χ1n) is 4.88. The molecule has 0 atom stereocenters. The molecule has 0 saturated heterocycles. The number of hydrogen-bond donors (Lipinski definition) is 1. The Morgan fingerprint density at radius 1 is 1.53 bits per heavy atom. The Labute approximate surface area is 107 Å². The third-order valence-corrected chi connectivity index (χ3v) is 3.82. The molecule has 0 aromatic carbocycles. The molecule has 0 spiro atoms. The number of carboxylic acid groups (broad SMARTS) is 1. The predicted octanol–water partition coefficient (Wildman–Crippen LogP) is 2.84. The zero-order valence-corrected chi connectivity index (χ0v) is 10.7. The van der Waals surface area contributed by atoms with Crippen molar-refractivity contribution >= 4 is 29.1 Å². The molecule has 17 heavy (non-hydrogen) atoms. The molecule has 0 saturated carbocycles. The van der Waals surface area contributed by atoms with Crippen molar-refractivity contribution in [1.29, 1.82) is 0 Å². The molecular weight excluding hydrogens is 256 g/mol. The quantitative estimate of drug-likeness (QED) is 0.862. The van der Waals surface area contributed by atoms with Gasteiger partial charge in [-0.1, -0.05) is 0 Å². The second-order valence-electron chi connectivity index (χ2n) is 3.34. The van der Waals surface area contributed by atoms with Gasteiger partial charge in [0.05, 0.1) is 21.3 Å². The number of aromatic carboxylic acids is 1. The number of nitrogens with zero attached hydrogens (tertiary/aromatic N) is 2. The lowest BCUT2D eigenvalue weighted by molar-refractivity contribution is 0.0696. The Balaban J connectivity index is 1.97. The predicted molar refractivity (Wildman–Crippen MR) is 67.6 cm³/mol. The summed E-state index contributed by atoms with van der Waals surface area (Å²) in [6.45, 7) is 1.97. The molecular formula is C11H10N2O2S2. The van der Waals surface area contributed by atoms with Crippen LogP contribution in [0.1, 0.15) is 21.1 Å². The van der Waals surface area contributed by atoms with E-state index in [0.29, 0.717) is 0 Å². The number of aromatic nitrogens is 2. The normalized spacial score (nSPS) is 10.4. The molecule has 88 valence electrons. The molecule has 1 N–H and O–H groups in total. The minimum atomic E-state index is -0.954. The first-order chi connectivity index (χ1) is 8.15. The molecule has 0 aliphatic carbocycles. The van der Waals surface area contributed by atoms with E-state index in [0.717, 1.165) is 21.5 Å². The van der Waals surface area contributed by atoms with E-state index in [-0.39, 0.29) is 5.56 Å². The molecule has 0 bridgehead atoms. The van der Waals surface area contributed by atoms with Crippen LogP contribution in [0.4, 0.5) is 0 Å². The fourth-order valence-electron chi connectivity index (χ4n) is 1.21. The molecule has 2 aromatic heterocycles. The number of carboxylic acids is 1. The van der Waals surface area contributed by atoms with Crippen LogP contribution < -0.4 is 0 Å². The van der Waals surface area contributed by atoms with Gasteiger partial charge in [-0.2, -0.15) is 0 Å². The fourth-order valence-corrected chi connectivity index (χ4v) is 2.67. The number of thioether (sulfide) groups is 1. The van der Waals surface area contributed by atoms with Crippen LogP contribution in [0, 0.1) is 6.92 Å². The van der Waals surface area contributed by atoms with Gasteiger partial charge in [-0.3, -0.25) is 0 Å². The van der Waals surface area contributed by atoms with E-state index in [2.05, 4.69) is 9.97 Å². The van der Waals surface area contributed by atoms with Gasteiger partial charge < -0.3 is 5.11 Å². The largest absolute Gasteiger partial charge is 0.478 e. The van der Waals surface area contributed by atoms with Crippen molar-refractivity contribution in [2.45, 2.75) is 17.7 Å². The van der Waals surface area contributed by atoms with Crippen molar-refractivity contribution in [3.8, 4) is 0 Å². The molecule has 2 aromatic rings. The molecule has 0 aliphatic rings. The molecule has 0 unspecified atom stereocenters. The minimum absolute atomic E-state index is 0.207. The summed E-state index contributed by atoms with van der Waals surface area (Å²) >= 11 is 3.17. The van der Waals surface area contributed by atoms with Crippen LogP contribution >= 0.6 is 23.1 Å². The summed E-state index contributed by atoms with van der Waals surface area (Å²) in [5, 5.41) is 12.6. The van der Waals surface area contributed by atoms with Gasteiger partial charge in [0.25, 0.3) is 0 Å². The summed E-state index contributed by atoms with van der Waals surface area (Å²) in [6.07, 6.45) is 1.37. The molecule has 0 aliphatic heterocycles. The van der Waals surface area contributed by atoms with E-state index >= 15 is 0 Å². The molecule has 2 heterocycles. The average Bonchev–Trinajstić information content (AvgIpc) is 2.73. The number of thiazole rings is 1. The Hall–Kier alpha value is -1.40. The summed E-state index contributed by atoms with van der Waals surface area (Å²) in [7, 11) is 0. The lowest BCUT2D eigenvalue weighted by Gasteiger charge is -1.99. The van der Waals surface area contributed by atoms with Crippen LogP contribution in [-0.4, -0.2) is 21.0 Å². The molecule has 6 heteroatoms. The number of hydrogen-bond acceptors (Lipinski definition) is 5. The van der Waals surface area contributed by atoms with E-state index < -0.39 is 5.97 Å². The lowest BCUT2D eigenvalue weighted by Crippen LogP contribution is -1.96. The zero-order valence-electron chi connectivity index (χ0n) is 9.08. The van der Waals surface area contributed by atoms with Crippen molar-refractivity contribution in [1.82, 2.24) is 9.97 Å². The molecule has 0 amide bonds. The highest BCUT2D eigenvalue weighted by molar-refractivity contribution is 7.98. The first-order valence-corrected chi connectivity index (χ1v) is 6.75. The third kappa shape index (κ3) is 3.28. The summed E-state index contributed by atoms with van der Waals surface area (Å²) < 4.78 is 0. The minimum Gasteiger partial charge on any atom is -0.478 e. The molecule has 0 radical (unpaired) electrons. The summed E-state index contributed by atoms with van der Waals surface area (Å²) in [4.78, 5) is 19.1. The molecule has 2 rings (SSSR count). The first kappa shape index (κ1) is 12.1. The van der Waals surface area contributed by atoms with E-state index in [9.17, 15) is 4.79 Å². The highest BCUT2D eigenvalue weighted by atomic mass is 32.2. The van der Waals surface area contributed by atoms with Crippen molar-refractivity contribution < 1.29 is 9.90 Å². The third-order valence-electron chi connectivity index (χ3n) is 2.02. The maximum atomic E-state index is 10.6. The maximum Gasteiger partial charge on any atom is 0.337 e. The average molecular weight is 266 g/mol. The summed E-state index contributed by atoms with van der Waals surface area (Å²) in [6, 6.07) is 3.28. The van der Waals surface area contributed by atoms with Crippen LogP contribution in [0.3, 0.4) is 0 Å². The fraction of sp³-hybridized carbons (Fsp3) is 0.182.